The summed E-state index contributed by atoms with van der Waals surface area (Å²) in [6.07, 6.45) is 4.05. The first-order valence-corrected chi connectivity index (χ1v) is 8.24. The quantitative estimate of drug-likeness (QED) is 0.761. The van der Waals surface area contributed by atoms with Gasteiger partial charge in [0.2, 0.25) is 5.91 Å². The SMILES string of the molecule is CC1CCC(CO)(NCC(=O)Nc2cccc(Br)c2)CC1. The molecule has 0 bridgehead atoms. The highest BCUT2D eigenvalue weighted by Crippen LogP contribution is 2.31. The van der Waals surface area contributed by atoms with Gasteiger partial charge < -0.3 is 15.7 Å². The van der Waals surface area contributed by atoms with E-state index >= 15 is 0 Å². The van der Waals surface area contributed by atoms with Crippen LogP contribution in [0.5, 0.6) is 0 Å². The lowest BCUT2D eigenvalue weighted by Gasteiger charge is -2.38. The lowest BCUT2D eigenvalue weighted by Crippen LogP contribution is -2.53. The first-order chi connectivity index (χ1) is 10.0. The van der Waals surface area contributed by atoms with Gasteiger partial charge in [0.1, 0.15) is 0 Å². The summed E-state index contributed by atoms with van der Waals surface area (Å²) in [5, 5.41) is 15.8. The Balaban J connectivity index is 1.85. The third-order valence-corrected chi connectivity index (χ3v) is 4.76. The van der Waals surface area contributed by atoms with Gasteiger partial charge in [-0.15, -0.1) is 0 Å². The number of aliphatic hydroxyl groups excluding tert-OH is 1. The third kappa shape index (κ3) is 4.80. The monoisotopic (exact) mass is 354 g/mol. The van der Waals surface area contributed by atoms with Crippen molar-refractivity contribution in [1.29, 1.82) is 0 Å². The van der Waals surface area contributed by atoms with Crippen LogP contribution in [0.25, 0.3) is 0 Å². The normalized spacial score (nSPS) is 25.6. The van der Waals surface area contributed by atoms with Gasteiger partial charge in [0.05, 0.1) is 13.2 Å². The van der Waals surface area contributed by atoms with Crippen molar-refractivity contribution in [3.8, 4) is 0 Å². The number of carbonyl (C=O) groups is 1. The average Bonchev–Trinajstić information content (AvgIpc) is 2.47. The molecule has 1 aromatic rings. The van der Waals surface area contributed by atoms with Crippen molar-refractivity contribution in [2.75, 3.05) is 18.5 Å². The standard InChI is InChI=1S/C16H23BrN2O2/c1-12-5-7-16(11-20,8-6-12)18-10-15(21)19-14-4-2-3-13(17)9-14/h2-4,9,12,18,20H,5-8,10-11H2,1H3,(H,19,21). The van der Waals surface area contributed by atoms with Crippen LogP contribution in [0.15, 0.2) is 28.7 Å². The van der Waals surface area contributed by atoms with E-state index in [0.29, 0.717) is 5.92 Å². The minimum atomic E-state index is -0.291. The highest BCUT2D eigenvalue weighted by Gasteiger charge is 2.33. The maximum Gasteiger partial charge on any atom is 0.238 e. The van der Waals surface area contributed by atoms with Crippen LogP contribution in [0, 0.1) is 5.92 Å². The fourth-order valence-electron chi connectivity index (χ4n) is 2.74. The van der Waals surface area contributed by atoms with Gasteiger partial charge in [-0.05, 0) is 49.8 Å². The van der Waals surface area contributed by atoms with Crippen molar-refractivity contribution in [2.24, 2.45) is 5.92 Å². The van der Waals surface area contributed by atoms with Crippen LogP contribution < -0.4 is 10.6 Å². The van der Waals surface area contributed by atoms with Crippen LogP contribution in [0.4, 0.5) is 5.69 Å². The van der Waals surface area contributed by atoms with Gasteiger partial charge in [0.25, 0.3) is 0 Å². The zero-order chi connectivity index (χ0) is 15.3. The Morgan fingerprint density at radius 2 is 2.14 bits per heavy atom. The molecule has 116 valence electrons. The Morgan fingerprint density at radius 1 is 1.43 bits per heavy atom. The van der Waals surface area contributed by atoms with E-state index in [4.69, 9.17) is 0 Å². The molecule has 4 nitrogen and oxygen atoms in total. The molecule has 0 unspecified atom stereocenters. The first-order valence-electron chi connectivity index (χ1n) is 7.44. The second-order valence-electron chi connectivity index (χ2n) is 6.03. The smallest absolute Gasteiger partial charge is 0.238 e. The molecule has 0 heterocycles. The third-order valence-electron chi connectivity index (χ3n) is 4.27. The number of hydrogen-bond donors (Lipinski definition) is 3. The number of hydrogen-bond acceptors (Lipinski definition) is 3. The molecule has 1 aliphatic carbocycles. The minimum absolute atomic E-state index is 0.0838. The van der Waals surface area contributed by atoms with E-state index in [-0.39, 0.29) is 24.6 Å². The van der Waals surface area contributed by atoms with Crippen molar-refractivity contribution in [2.45, 2.75) is 38.1 Å². The largest absolute Gasteiger partial charge is 0.394 e. The Bertz CT molecular complexity index is 485. The molecule has 2 rings (SSSR count). The summed E-state index contributed by atoms with van der Waals surface area (Å²) in [5.74, 6) is 0.626. The molecule has 0 saturated heterocycles. The van der Waals surface area contributed by atoms with E-state index in [1.807, 2.05) is 24.3 Å². The number of anilines is 1. The van der Waals surface area contributed by atoms with Gasteiger partial charge in [-0.3, -0.25) is 4.79 Å². The molecule has 1 saturated carbocycles. The lowest BCUT2D eigenvalue weighted by molar-refractivity contribution is -0.116. The van der Waals surface area contributed by atoms with Gasteiger partial charge in [0, 0.05) is 15.7 Å². The van der Waals surface area contributed by atoms with E-state index in [2.05, 4.69) is 33.5 Å². The summed E-state index contributed by atoms with van der Waals surface area (Å²) in [6, 6.07) is 7.51. The number of amides is 1. The number of aliphatic hydroxyl groups is 1. The Kier molecular flexibility index (Phi) is 5.79. The predicted octanol–water partition coefficient (Wildman–Crippen LogP) is 2.92. The van der Waals surface area contributed by atoms with Crippen molar-refractivity contribution in [3.63, 3.8) is 0 Å². The summed E-state index contributed by atoms with van der Waals surface area (Å²) in [6.45, 7) is 2.55. The van der Waals surface area contributed by atoms with Gasteiger partial charge in [-0.2, -0.15) is 0 Å². The highest BCUT2D eigenvalue weighted by atomic mass is 79.9. The molecule has 21 heavy (non-hydrogen) atoms. The Hall–Kier alpha value is -0.910. The van der Waals surface area contributed by atoms with Crippen molar-refractivity contribution in [3.05, 3.63) is 28.7 Å². The summed E-state index contributed by atoms with van der Waals surface area (Å²) in [7, 11) is 0. The van der Waals surface area contributed by atoms with Crippen molar-refractivity contribution >= 4 is 27.5 Å². The predicted molar refractivity (Wildman–Crippen MR) is 88.2 cm³/mol. The van der Waals surface area contributed by atoms with Crippen LogP contribution in [0.1, 0.15) is 32.6 Å². The molecule has 0 spiro atoms. The number of nitrogens with one attached hydrogen (secondary N) is 2. The maximum absolute atomic E-state index is 12.0. The molecule has 0 atom stereocenters. The summed E-state index contributed by atoms with van der Waals surface area (Å²) in [5.41, 5.74) is 0.479. The number of rotatable bonds is 5. The van der Waals surface area contributed by atoms with Gasteiger partial charge in [0.15, 0.2) is 0 Å². The maximum atomic E-state index is 12.0. The molecule has 3 N–H and O–H groups in total. The highest BCUT2D eigenvalue weighted by molar-refractivity contribution is 9.10. The van der Waals surface area contributed by atoms with Crippen LogP contribution >= 0.6 is 15.9 Å². The summed E-state index contributed by atoms with van der Waals surface area (Å²) >= 11 is 3.38. The molecule has 0 aliphatic heterocycles. The van der Waals surface area contributed by atoms with E-state index < -0.39 is 0 Å². The second kappa shape index (κ2) is 7.38. The molecular weight excluding hydrogens is 332 g/mol. The van der Waals surface area contributed by atoms with Gasteiger partial charge in [-0.25, -0.2) is 0 Å². The van der Waals surface area contributed by atoms with E-state index in [1.54, 1.807) is 0 Å². The molecule has 0 radical (unpaired) electrons. The Morgan fingerprint density at radius 3 is 2.76 bits per heavy atom. The fourth-order valence-corrected chi connectivity index (χ4v) is 3.14. The van der Waals surface area contributed by atoms with E-state index in [0.717, 1.165) is 35.8 Å². The van der Waals surface area contributed by atoms with Crippen LogP contribution in [0.2, 0.25) is 0 Å². The van der Waals surface area contributed by atoms with Crippen LogP contribution in [0.3, 0.4) is 0 Å². The van der Waals surface area contributed by atoms with Crippen LogP contribution in [-0.2, 0) is 4.79 Å². The van der Waals surface area contributed by atoms with Gasteiger partial charge in [-0.1, -0.05) is 28.9 Å². The summed E-state index contributed by atoms with van der Waals surface area (Å²) < 4.78 is 0.932. The molecule has 1 aromatic carbocycles. The van der Waals surface area contributed by atoms with Crippen molar-refractivity contribution < 1.29 is 9.90 Å². The second-order valence-corrected chi connectivity index (χ2v) is 6.95. The first kappa shape index (κ1) is 16.5. The number of halogens is 1. The Labute approximate surface area is 134 Å². The topological polar surface area (TPSA) is 61.4 Å². The molecular formula is C16H23BrN2O2. The molecule has 0 aromatic heterocycles. The van der Waals surface area contributed by atoms with E-state index in [9.17, 15) is 9.90 Å². The summed E-state index contributed by atoms with van der Waals surface area (Å²) in [4.78, 5) is 12.0. The van der Waals surface area contributed by atoms with E-state index in [1.165, 1.54) is 0 Å². The van der Waals surface area contributed by atoms with Gasteiger partial charge >= 0.3 is 0 Å². The molecule has 1 fully saturated rings. The zero-order valence-corrected chi connectivity index (χ0v) is 13.9. The molecule has 5 heteroatoms. The van der Waals surface area contributed by atoms with Crippen LogP contribution in [-0.4, -0.2) is 29.7 Å². The molecule has 1 aliphatic rings. The minimum Gasteiger partial charge on any atom is -0.394 e. The number of benzene rings is 1. The fraction of sp³-hybridized carbons (Fsp3) is 0.562. The van der Waals surface area contributed by atoms with Crippen molar-refractivity contribution in [1.82, 2.24) is 5.32 Å². The zero-order valence-electron chi connectivity index (χ0n) is 12.4. The molecule has 1 amide bonds. The number of carbonyl (C=O) groups excluding carboxylic acids is 1. The average molecular weight is 355 g/mol. The lowest BCUT2D eigenvalue weighted by atomic mass is 9.77.